The highest BCUT2D eigenvalue weighted by Crippen LogP contribution is 2.32. The molecule has 0 N–H and O–H groups in total. The Hall–Kier alpha value is -4.59. The minimum absolute atomic E-state index is 0.00408. The number of carbonyl (C=O) groups excluding carboxylic acids is 1. The summed E-state index contributed by atoms with van der Waals surface area (Å²) in [6.07, 6.45) is 2.08. The quantitative estimate of drug-likeness (QED) is 0.0675. The Kier molecular flexibility index (Phi) is 8.66. The van der Waals surface area contributed by atoms with Crippen LogP contribution in [0.2, 0.25) is 0 Å². The van der Waals surface area contributed by atoms with Crippen molar-refractivity contribution in [3.63, 3.8) is 0 Å². The van der Waals surface area contributed by atoms with Crippen molar-refractivity contribution in [2.45, 2.75) is 13.3 Å². The van der Waals surface area contributed by atoms with E-state index in [0.29, 0.717) is 29.9 Å². The van der Waals surface area contributed by atoms with Gasteiger partial charge in [-0.05, 0) is 66.9 Å². The van der Waals surface area contributed by atoms with E-state index >= 15 is 0 Å². The molecule has 0 bridgehead atoms. The van der Waals surface area contributed by atoms with Crippen LogP contribution in [0.5, 0.6) is 17.2 Å². The van der Waals surface area contributed by atoms with E-state index in [0.717, 1.165) is 6.07 Å². The Balaban J connectivity index is 1.48. The van der Waals surface area contributed by atoms with Crippen LogP contribution < -0.4 is 14.2 Å². The summed E-state index contributed by atoms with van der Waals surface area (Å²) >= 11 is 0. The van der Waals surface area contributed by atoms with Gasteiger partial charge in [-0.2, -0.15) is 4.39 Å². The van der Waals surface area contributed by atoms with Crippen LogP contribution in [0, 0.1) is 23.3 Å². The smallest absolute Gasteiger partial charge is 0.346 e. The molecule has 0 atom stereocenters. The predicted molar refractivity (Wildman–Crippen MR) is 140 cm³/mol. The zero-order chi connectivity index (χ0) is 27.9. The van der Waals surface area contributed by atoms with Crippen molar-refractivity contribution < 1.29 is 36.6 Å². The summed E-state index contributed by atoms with van der Waals surface area (Å²) in [5, 5.41) is 0. The van der Waals surface area contributed by atoms with Gasteiger partial charge < -0.3 is 14.2 Å². The van der Waals surface area contributed by atoms with E-state index in [1.54, 1.807) is 30.3 Å². The number of hydrogen-bond acceptors (Lipinski definition) is 4. The number of benzene rings is 4. The molecule has 4 nitrogen and oxygen atoms in total. The Morgan fingerprint density at radius 3 is 1.87 bits per heavy atom. The SMILES string of the molecule is C=CCCOc1ccc(-c2ccc(OC(=O)c3ccc(-c4ccc(OCC)cc4)c(F)c3F)cc2)c(F)c1F. The van der Waals surface area contributed by atoms with Crippen LogP contribution in [0.3, 0.4) is 0 Å². The molecule has 200 valence electrons. The van der Waals surface area contributed by atoms with Crippen molar-refractivity contribution in [2.24, 2.45) is 0 Å². The largest absolute Gasteiger partial charge is 0.494 e. The molecule has 4 aromatic rings. The van der Waals surface area contributed by atoms with Gasteiger partial charge in [0, 0.05) is 11.1 Å². The molecule has 0 aliphatic rings. The first-order chi connectivity index (χ1) is 18.8. The summed E-state index contributed by atoms with van der Waals surface area (Å²) < 4.78 is 74.4. The first kappa shape index (κ1) is 27.4. The lowest BCUT2D eigenvalue weighted by Crippen LogP contribution is -2.12. The first-order valence-electron chi connectivity index (χ1n) is 12.1. The highest BCUT2D eigenvalue weighted by molar-refractivity contribution is 5.92. The van der Waals surface area contributed by atoms with E-state index < -0.39 is 34.8 Å². The van der Waals surface area contributed by atoms with Gasteiger partial charge in [0.2, 0.25) is 5.82 Å². The summed E-state index contributed by atoms with van der Waals surface area (Å²) in [6.45, 7) is 6.00. The lowest BCUT2D eigenvalue weighted by Gasteiger charge is -2.11. The highest BCUT2D eigenvalue weighted by Gasteiger charge is 2.22. The van der Waals surface area contributed by atoms with Gasteiger partial charge in [-0.1, -0.05) is 36.4 Å². The van der Waals surface area contributed by atoms with Crippen LogP contribution in [-0.2, 0) is 0 Å². The molecule has 0 heterocycles. The van der Waals surface area contributed by atoms with Crippen molar-refractivity contribution in [2.75, 3.05) is 13.2 Å². The molecule has 0 unspecified atom stereocenters. The van der Waals surface area contributed by atoms with E-state index in [1.807, 2.05) is 6.92 Å². The van der Waals surface area contributed by atoms with Crippen LogP contribution in [-0.4, -0.2) is 19.2 Å². The van der Waals surface area contributed by atoms with E-state index in [9.17, 15) is 22.4 Å². The average Bonchev–Trinajstić information content (AvgIpc) is 2.94. The minimum Gasteiger partial charge on any atom is -0.494 e. The monoisotopic (exact) mass is 536 g/mol. The second-order valence-electron chi connectivity index (χ2n) is 8.32. The molecule has 39 heavy (non-hydrogen) atoms. The van der Waals surface area contributed by atoms with Gasteiger partial charge in [0.05, 0.1) is 18.8 Å². The molecule has 0 aliphatic heterocycles. The van der Waals surface area contributed by atoms with Gasteiger partial charge in [-0.15, -0.1) is 6.58 Å². The third-order valence-corrected chi connectivity index (χ3v) is 5.78. The van der Waals surface area contributed by atoms with Crippen molar-refractivity contribution in [3.8, 4) is 39.5 Å². The molecule has 4 rings (SSSR count). The van der Waals surface area contributed by atoms with E-state index in [4.69, 9.17) is 14.2 Å². The molecule has 0 saturated heterocycles. The maximum atomic E-state index is 14.8. The molecule has 0 aliphatic carbocycles. The number of ether oxygens (including phenoxy) is 3. The van der Waals surface area contributed by atoms with Crippen molar-refractivity contribution in [3.05, 3.63) is 114 Å². The molecule has 4 aromatic carbocycles. The molecule has 0 saturated carbocycles. The Bertz CT molecular complexity index is 1480. The van der Waals surface area contributed by atoms with Gasteiger partial charge in [0.25, 0.3) is 0 Å². The zero-order valence-electron chi connectivity index (χ0n) is 21.0. The topological polar surface area (TPSA) is 44.8 Å². The van der Waals surface area contributed by atoms with E-state index in [1.165, 1.54) is 42.5 Å². The summed E-state index contributed by atoms with van der Waals surface area (Å²) in [4.78, 5) is 12.6. The van der Waals surface area contributed by atoms with Crippen molar-refractivity contribution >= 4 is 5.97 Å². The van der Waals surface area contributed by atoms with Crippen LogP contribution >= 0.6 is 0 Å². The number of rotatable bonds is 10. The van der Waals surface area contributed by atoms with Crippen molar-refractivity contribution in [1.29, 1.82) is 0 Å². The molecular weight excluding hydrogens is 512 g/mol. The van der Waals surface area contributed by atoms with Crippen molar-refractivity contribution in [1.82, 2.24) is 0 Å². The summed E-state index contributed by atoms with van der Waals surface area (Å²) in [6, 6.07) is 17.0. The predicted octanol–water partition coefficient (Wildman–Crippen LogP) is 8.15. The number of carbonyl (C=O) groups is 1. The summed E-state index contributed by atoms with van der Waals surface area (Å²) in [5.74, 6) is -5.51. The lowest BCUT2D eigenvalue weighted by atomic mass is 10.0. The number of halogens is 4. The fourth-order valence-corrected chi connectivity index (χ4v) is 3.81. The van der Waals surface area contributed by atoms with Gasteiger partial charge in [0.15, 0.2) is 23.2 Å². The van der Waals surface area contributed by atoms with Gasteiger partial charge in [0.1, 0.15) is 11.5 Å². The van der Waals surface area contributed by atoms with Gasteiger partial charge >= 0.3 is 5.97 Å². The second kappa shape index (κ2) is 12.3. The van der Waals surface area contributed by atoms with E-state index in [2.05, 4.69) is 6.58 Å². The maximum Gasteiger partial charge on any atom is 0.346 e. The third kappa shape index (κ3) is 6.12. The van der Waals surface area contributed by atoms with Crippen LogP contribution in [0.4, 0.5) is 17.6 Å². The Morgan fingerprint density at radius 1 is 0.718 bits per heavy atom. The molecule has 0 fully saturated rings. The molecule has 8 heteroatoms. The van der Waals surface area contributed by atoms with Gasteiger partial charge in [-0.25, -0.2) is 18.0 Å². The zero-order valence-corrected chi connectivity index (χ0v) is 21.0. The number of esters is 1. The Labute approximate surface area is 223 Å². The highest BCUT2D eigenvalue weighted by atomic mass is 19.2. The van der Waals surface area contributed by atoms with E-state index in [-0.39, 0.29) is 29.2 Å². The second-order valence-corrected chi connectivity index (χ2v) is 8.32. The third-order valence-electron chi connectivity index (χ3n) is 5.78. The molecule has 0 spiro atoms. The molecule has 0 amide bonds. The van der Waals surface area contributed by atoms with Gasteiger partial charge in [-0.3, -0.25) is 0 Å². The van der Waals surface area contributed by atoms with Crippen LogP contribution in [0.1, 0.15) is 23.7 Å². The molecular formula is C31H24F4O4. The Morgan fingerprint density at radius 2 is 1.28 bits per heavy atom. The molecule has 0 aromatic heterocycles. The summed E-state index contributed by atoms with van der Waals surface area (Å²) in [5.41, 5.74) is 0.0693. The summed E-state index contributed by atoms with van der Waals surface area (Å²) in [7, 11) is 0. The average molecular weight is 537 g/mol. The fraction of sp³-hybridized carbons (Fsp3) is 0.129. The molecule has 0 radical (unpaired) electrons. The lowest BCUT2D eigenvalue weighted by molar-refractivity contribution is 0.0728. The van der Waals surface area contributed by atoms with Crippen LogP contribution in [0.15, 0.2) is 85.5 Å². The normalized spacial score (nSPS) is 10.7. The first-order valence-corrected chi connectivity index (χ1v) is 12.1. The standard InChI is InChI=1S/C31H24F4O4/c1-3-5-18-38-26-17-16-24(28(33)30(26)35)20-8-12-22(13-9-20)39-31(36)25-15-14-23(27(32)29(25)34)19-6-10-21(11-7-19)37-4-2/h3,6-17H,1,4-5,18H2,2H3. The fourth-order valence-electron chi connectivity index (χ4n) is 3.81. The van der Waals surface area contributed by atoms with Crippen LogP contribution in [0.25, 0.3) is 22.3 Å². The number of hydrogen-bond donors (Lipinski definition) is 0. The maximum absolute atomic E-state index is 14.8. The minimum atomic E-state index is -1.35.